The monoisotopic (exact) mass is 518 g/mol. The van der Waals surface area contributed by atoms with Crippen LogP contribution in [0.2, 0.25) is 0 Å². The minimum Gasteiger partial charge on any atom is -0.484 e. The molecule has 8 heteroatoms. The van der Waals surface area contributed by atoms with Crippen molar-refractivity contribution < 1.29 is 23.9 Å². The highest BCUT2D eigenvalue weighted by Gasteiger charge is 2.51. The van der Waals surface area contributed by atoms with Gasteiger partial charge in [-0.2, -0.15) is 0 Å². The smallest absolute Gasteiger partial charge is 0.355 e. The van der Waals surface area contributed by atoms with E-state index >= 15 is 0 Å². The number of halogens is 1. The Morgan fingerprint density at radius 3 is 1.89 bits per heavy atom. The van der Waals surface area contributed by atoms with Gasteiger partial charge in [0.1, 0.15) is 23.0 Å². The van der Waals surface area contributed by atoms with Crippen molar-refractivity contribution >= 4 is 29.4 Å². The van der Waals surface area contributed by atoms with Crippen LogP contribution in [0.4, 0.5) is 0 Å². The lowest BCUT2D eigenvalue weighted by Gasteiger charge is -2.44. The van der Waals surface area contributed by atoms with E-state index in [9.17, 15) is 14.4 Å². The number of esters is 1. The molecule has 1 saturated heterocycles. The van der Waals surface area contributed by atoms with E-state index in [0.29, 0.717) is 11.3 Å². The van der Waals surface area contributed by atoms with Crippen LogP contribution in [0.3, 0.4) is 0 Å². The SMILES string of the molecule is CC(C)=C(C(=O)OC(c1ccccc1)c1ccccc1)N1C(=O)C(NC(=O)COc2ccccc2)C1Cl. The summed E-state index contributed by atoms with van der Waals surface area (Å²) in [4.78, 5) is 39.9. The molecule has 1 aliphatic rings. The van der Waals surface area contributed by atoms with Gasteiger partial charge in [0.2, 0.25) is 0 Å². The predicted molar refractivity (Wildman–Crippen MR) is 140 cm³/mol. The van der Waals surface area contributed by atoms with Gasteiger partial charge in [0, 0.05) is 0 Å². The van der Waals surface area contributed by atoms with Crippen LogP contribution in [0.25, 0.3) is 0 Å². The van der Waals surface area contributed by atoms with Crippen molar-refractivity contribution in [2.45, 2.75) is 31.5 Å². The second-order valence-corrected chi connectivity index (χ2v) is 9.13. The van der Waals surface area contributed by atoms with E-state index in [-0.39, 0.29) is 12.3 Å². The first-order chi connectivity index (χ1) is 17.9. The molecular formula is C29H27ClN2O5. The molecular weight excluding hydrogens is 492 g/mol. The predicted octanol–water partition coefficient (Wildman–Crippen LogP) is 4.58. The molecule has 0 radical (unpaired) electrons. The fourth-order valence-corrected chi connectivity index (χ4v) is 4.36. The van der Waals surface area contributed by atoms with Gasteiger partial charge in [0.15, 0.2) is 12.7 Å². The number of nitrogens with one attached hydrogen (secondary N) is 1. The van der Waals surface area contributed by atoms with Crippen molar-refractivity contribution in [2.24, 2.45) is 0 Å². The van der Waals surface area contributed by atoms with Gasteiger partial charge in [-0.15, -0.1) is 0 Å². The Kier molecular flexibility index (Phi) is 8.25. The fraction of sp³-hybridized carbons (Fsp3) is 0.207. The Labute approximate surface area is 220 Å². The van der Waals surface area contributed by atoms with Gasteiger partial charge < -0.3 is 14.8 Å². The Hall–Kier alpha value is -4.10. The van der Waals surface area contributed by atoms with Gasteiger partial charge in [0.25, 0.3) is 11.8 Å². The number of allylic oxidation sites excluding steroid dienone is 1. The van der Waals surface area contributed by atoms with Crippen LogP contribution in [0.1, 0.15) is 31.1 Å². The number of ether oxygens (including phenoxy) is 2. The molecule has 7 nitrogen and oxygen atoms in total. The number of para-hydroxylation sites is 1. The van der Waals surface area contributed by atoms with Crippen LogP contribution in [-0.4, -0.2) is 40.8 Å². The molecule has 2 atom stereocenters. The first kappa shape index (κ1) is 26.0. The van der Waals surface area contributed by atoms with Crippen molar-refractivity contribution in [1.29, 1.82) is 0 Å². The second kappa shape index (κ2) is 11.8. The number of likely N-dealkylation sites (tertiary alicyclic amines) is 1. The van der Waals surface area contributed by atoms with Crippen molar-refractivity contribution in [3.8, 4) is 5.75 Å². The van der Waals surface area contributed by atoms with Crippen molar-refractivity contribution in [3.05, 3.63) is 113 Å². The zero-order valence-corrected chi connectivity index (χ0v) is 21.2. The normalized spacial score (nSPS) is 16.5. The van der Waals surface area contributed by atoms with Crippen LogP contribution in [-0.2, 0) is 19.1 Å². The van der Waals surface area contributed by atoms with E-state index < -0.39 is 35.4 Å². The van der Waals surface area contributed by atoms with Gasteiger partial charge in [-0.1, -0.05) is 90.5 Å². The summed E-state index contributed by atoms with van der Waals surface area (Å²) in [5, 5.41) is 2.58. The number of alkyl halides is 1. The number of rotatable bonds is 9. The molecule has 0 aliphatic carbocycles. The standard InChI is InChI=1S/C29H27ClN2O5/c1-19(2)25(29(35)37-26(20-12-6-3-7-13-20)21-14-8-4-9-15-21)32-27(30)24(28(32)34)31-23(33)18-36-22-16-10-5-11-17-22/h3-17,24,26-27H,18H2,1-2H3,(H,31,33). The lowest BCUT2D eigenvalue weighted by molar-refractivity contribution is -0.155. The number of carbonyl (C=O) groups is 3. The Bertz CT molecular complexity index is 1240. The maximum absolute atomic E-state index is 13.4. The number of nitrogens with zero attached hydrogens (tertiary/aromatic N) is 1. The Balaban J connectivity index is 1.45. The summed E-state index contributed by atoms with van der Waals surface area (Å²) in [7, 11) is 0. The summed E-state index contributed by atoms with van der Waals surface area (Å²) < 4.78 is 11.4. The second-order valence-electron chi connectivity index (χ2n) is 8.68. The van der Waals surface area contributed by atoms with Crippen molar-refractivity contribution in [3.63, 3.8) is 0 Å². The molecule has 1 aliphatic heterocycles. The highest BCUT2D eigenvalue weighted by molar-refractivity contribution is 6.27. The van der Waals surface area contributed by atoms with Crippen LogP contribution >= 0.6 is 11.6 Å². The molecule has 3 aromatic carbocycles. The molecule has 1 heterocycles. The van der Waals surface area contributed by atoms with Crippen molar-refractivity contribution in [2.75, 3.05) is 6.61 Å². The van der Waals surface area contributed by atoms with Crippen LogP contribution in [0.15, 0.2) is 102 Å². The third kappa shape index (κ3) is 6.01. The molecule has 0 saturated carbocycles. The van der Waals surface area contributed by atoms with E-state index in [1.165, 1.54) is 0 Å². The maximum atomic E-state index is 13.4. The van der Waals surface area contributed by atoms with Crippen LogP contribution in [0, 0.1) is 0 Å². The first-order valence-corrected chi connectivity index (χ1v) is 12.2. The summed E-state index contributed by atoms with van der Waals surface area (Å²) in [5.74, 6) is -1.16. The van der Waals surface area contributed by atoms with Gasteiger partial charge in [-0.05, 0) is 42.7 Å². The third-order valence-corrected chi connectivity index (χ3v) is 6.24. The molecule has 0 aromatic heterocycles. The summed E-state index contributed by atoms with van der Waals surface area (Å²) >= 11 is 6.50. The molecule has 190 valence electrons. The Morgan fingerprint density at radius 1 is 0.892 bits per heavy atom. The first-order valence-electron chi connectivity index (χ1n) is 11.8. The topological polar surface area (TPSA) is 84.9 Å². The van der Waals surface area contributed by atoms with E-state index in [1.54, 1.807) is 38.1 Å². The minimum atomic E-state index is -0.991. The van der Waals surface area contributed by atoms with E-state index in [0.717, 1.165) is 16.0 Å². The number of β-lactam (4-membered cyclic amide) rings is 1. The molecule has 2 unspecified atom stereocenters. The zero-order chi connectivity index (χ0) is 26.4. The molecule has 37 heavy (non-hydrogen) atoms. The molecule has 0 bridgehead atoms. The zero-order valence-electron chi connectivity index (χ0n) is 20.5. The van der Waals surface area contributed by atoms with Gasteiger partial charge in [0.05, 0.1) is 0 Å². The Morgan fingerprint density at radius 2 is 1.41 bits per heavy atom. The molecule has 1 N–H and O–H groups in total. The number of amides is 2. The van der Waals surface area contributed by atoms with Crippen molar-refractivity contribution in [1.82, 2.24) is 10.2 Å². The maximum Gasteiger partial charge on any atom is 0.355 e. The van der Waals surface area contributed by atoms with Gasteiger partial charge in [-0.25, -0.2) is 4.79 Å². The van der Waals surface area contributed by atoms with E-state index in [2.05, 4.69) is 5.32 Å². The average molecular weight is 519 g/mol. The summed E-state index contributed by atoms with van der Waals surface area (Å²) in [6.45, 7) is 3.13. The van der Waals surface area contributed by atoms with E-state index in [4.69, 9.17) is 21.1 Å². The number of hydrogen-bond acceptors (Lipinski definition) is 5. The minimum absolute atomic E-state index is 0.0490. The molecule has 1 fully saturated rings. The summed E-state index contributed by atoms with van der Waals surface area (Å²) in [6.07, 6.45) is -0.681. The fourth-order valence-electron chi connectivity index (χ4n) is 3.99. The number of carbonyl (C=O) groups excluding carboxylic acids is 3. The molecule has 3 aromatic rings. The highest BCUT2D eigenvalue weighted by atomic mass is 35.5. The lowest BCUT2D eigenvalue weighted by atomic mass is 10.0. The highest BCUT2D eigenvalue weighted by Crippen LogP contribution is 2.33. The largest absolute Gasteiger partial charge is 0.484 e. The van der Waals surface area contributed by atoms with Crippen LogP contribution < -0.4 is 10.1 Å². The van der Waals surface area contributed by atoms with Gasteiger partial charge in [-0.3, -0.25) is 14.5 Å². The summed E-state index contributed by atoms with van der Waals surface area (Å²) in [5.41, 5.74) is 1.22. The molecule has 4 rings (SSSR count). The quantitative estimate of drug-likeness (QED) is 0.147. The van der Waals surface area contributed by atoms with Gasteiger partial charge >= 0.3 is 5.97 Å². The summed E-state index contributed by atoms with van der Waals surface area (Å²) in [6, 6.07) is 26.6. The number of hydrogen-bond donors (Lipinski definition) is 1. The van der Waals surface area contributed by atoms with E-state index in [1.807, 2.05) is 66.7 Å². The lowest BCUT2D eigenvalue weighted by Crippen LogP contribution is -2.69. The number of benzene rings is 3. The average Bonchev–Trinajstić information content (AvgIpc) is 2.93. The third-order valence-electron chi connectivity index (χ3n) is 5.79. The molecule has 0 spiro atoms. The molecule has 2 amide bonds. The van der Waals surface area contributed by atoms with Crippen LogP contribution in [0.5, 0.6) is 5.75 Å².